The Hall–Kier alpha value is -1.88. The molecule has 0 saturated heterocycles. The molecule has 0 aliphatic heterocycles. The Morgan fingerprint density at radius 2 is 1.48 bits per heavy atom. The van der Waals surface area contributed by atoms with E-state index in [9.17, 15) is 9.59 Å². The van der Waals surface area contributed by atoms with E-state index in [0.29, 0.717) is 33.5 Å². The van der Waals surface area contributed by atoms with Gasteiger partial charge in [-0.2, -0.15) is 0 Å². The summed E-state index contributed by atoms with van der Waals surface area (Å²) in [5, 5.41) is 0. The smallest absolute Gasteiger partial charge is 0.337 e. The molecule has 0 saturated carbocycles. The molecular weight excluding hydrogens is 380 g/mol. The van der Waals surface area contributed by atoms with Crippen LogP contribution < -0.4 is 0 Å². The molecule has 1 aliphatic rings. The van der Waals surface area contributed by atoms with Gasteiger partial charge >= 0.3 is 5.97 Å². The first-order chi connectivity index (χ1) is 13.6. The van der Waals surface area contributed by atoms with E-state index in [-0.39, 0.29) is 11.7 Å². The molecule has 29 heavy (non-hydrogen) atoms. The Morgan fingerprint density at radius 1 is 0.966 bits per heavy atom. The summed E-state index contributed by atoms with van der Waals surface area (Å²) in [4.78, 5) is 26.0. The first-order valence-corrected chi connectivity index (χ1v) is 12.9. The summed E-state index contributed by atoms with van der Waals surface area (Å²) in [6.07, 6.45) is 0.748. The third kappa shape index (κ3) is 4.07. The van der Waals surface area contributed by atoms with E-state index in [1.165, 1.54) is 7.11 Å². The fourth-order valence-corrected chi connectivity index (χ4v) is 10.5. The van der Waals surface area contributed by atoms with Crippen LogP contribution in [-0.4, -0.2) is 27.2 Å². The number of hydrogen-bond acceptors (Lipinski definition) is 4. The van der Waals surface area contributed by atoms with Gasteiger partial charge in [0.1, 0.15) is 0 Å². The van der Waals surface area contributed by atoms with Gasteiger partial charge in [-0.15, -0.1) is 0 Å². The van der Waals surface area contributed by atoms with Crippen molar-refractivity contribution in [1.82, 2.24) is 0 Å². The van der Waals surface area contributed by atoms with Crippen LogP contribution in [-0.2, 0) is 14.0 Å². The highest BCUT2D eigenvalue weighted by atomic mass is 28.4. The zero-order valence-corrected chi connectivity index (χ0v) is 20.1. The van der Waals surface area contributed by atoms with Crippen molar-refractivity contribution >= 4 is 20.1 Å². The third-order valence-electron chi connectivity index (χ3n) is 6.50. The maximum atomic E-state index is 13.3. The lowest BCUT2D eigenvalue weighted by Gasteiger charge is -2.48. The molecule has 0 amide bonds. The molecule has 5 heteroatoms. The molecule has 4 nitrogen and oxygen atoms in total. The van der Waals surface area contributed by atoms with E-state index in [1.54, 1.807) is 12.1 Å². The van der Waals surface area contributed by atoms with Crippen LogP contribution in [0.15, 0.2) is 41.7 Å². The van der Waals surface area contributed by atoms with Crippen molar-refractivity contribution in [1.29, 1.82) is 0 Å². The fraction of sp³-hybridized carbons (Fsp3) is 0.583. The van der Waals surface area contributed by atoms with E-state index in [4.69, 9.17) is 9.16 Å². The van der Waals surface area contributed by atoms with Gasteiger partial charge in [0.05, 0.1) is 24.4 Å². The predicted molar refractivity (Wildman–Crippen MR) is 119 cm³/mol. The molecule has 1 aromatic rings. The van der Waals surface area contributed by atoms with Gasteiger partial charge in [0, 0.05) is 11.5 Å². The number of benzene rings is 1. The number of carbonyl (C=O) groups is 2. The van der Waals surface area contributed by atoms with Crippen LogP contribution in [0.25, 0.3) is 0 Å². The van der Waals surface area contributed by atoms with Crippen molar-refractivity contribution < 1.29 is 18.8 Å². The topological polar surface area (TPSA) is 52.6 Å². The largest absolute Gasteiger partial charge is 0.545 e. The molecule has 0 bridgehead atoms. The summed E-state index contributed by atoms with van der Waals surface area (Å²) < 4.78 is 12.0. The van der Waals surface area contributed by atoms with Crippen LogP contribution in [0, 0.1) is 11.8 Å². The molecule has 1 aliphatic carbocycles. The molecule has 1 aromatic carbocycles. The number of allylic oxidation sites excluding steroid dienone is 1. The number of ketones is 1. The highest BCUT2D eigenvalue weighted by Crippen LogP contribution is 2.52. The maximum absolute atomic E-state index is 13.3. The second-order valence-electron chi connectivity index (χ2n) is 8.91. The minimum absolute atomic E-state index is 0.0314. The first kappa shape index (κ1) is 23.4. The minimum Gasteiger partial charge on any atom is -0.545 e. The van der Waals surface area contributed by atoms with E-state index in [0.717, 1.165) is 6.42 Å². The van der Waals surface area contributed by atoms with Crippen LogP contribution in [0.2, 0.25) is 16.6 Å². The molecule has 160 valence electrons. The summed E-state index contributed by atoms with van der Waals surface area (Å²) in [5.41, 5.74) is 2.20. The normalized spacial score (nSPS) is 19.6. The molecule has 0 fully saturated rings. The van der Waals surface area contributed by atoms with Gasteiger partial charge in [-0.05, 0) is 23.0 Å². The highest BCUT2D eigenvalue weighted by Gasteiger charge is 2.54. The lowest BCUT2D eigenvalue weighted by molar-refractivity contribution is -0.138. The number of carbonyl (C=O) groups excluding carboxylic acids is 2. The number of esters is 1. The Bertz CT molecular complexity index is 743. The summed E-state index contributed by atoms with van der Waals surface area (Å²) in [6, 6.07) is 9.19. The fourth-order valence-electron chi connectivity index (χ4n) is 5.14. The average molecular weight is 417 g/mol. The van der Waals surface area contributed by atoms with Crippen molar-refractivity contribution in [2.45, 2.75) is 71.5 Å². The zero-order chi connectivity index (χ0) is 21.9. The van der Waals surface area contributed by atoms with Gasteiger partial charge in [0.25, 0.3) is 8.32 Å². The molecular formula is C24H36O4Si. The summed E-state index contributed by atoms with van der Waals surface area (Å²) in [7, 11) is -0.870. The Kier molecular flexibility index (Phi) is 7.49. The zero-order valence-electron chi connectivity index (χ0n) is 19.1. The van der Waals surface area contributed by atoms with Gasteiger partial charge in [-0.1, -0.05) is 78.8 Å². The molecule has 2 atom stereocenters. The SMILES string of the molecule is CC[C@H]1C(O[Si](C(C)C)(C(C)C)C(C)C)=C(C(=O)OC)[C@@H]1C(=O)c1ccccc1. The monoisotopic (exact) mass is 416 g/mol. The van der Waals surface area contributed by atoms with Crippen molar-refractivity contribution in [3.63, 3.8) is 0 Å². The molecule has 0 aromatic heterocycles. The molecule has 0 N–H and O–H groups in total. The molecule has 0 spiro atoms. The van der Waals surface area contributed by atoms with Crippen LogP contribution in [0.5, 0.6) is 0 Å². The number of ether oxygens (including phenoxy) is 1. The van der Waals surface area contributed by atoms with E-state index < -0.39 is 20.2 Å². The number of rotatable bonds is 9. The Balaban J connectivity index is 2.56. The molecule has 2 rings (SSSR count). The number of Topliss-reactive ketones (excluding diaryl/α,β-unsaturated/α-hetero) is 1. The van der Waals surface area contributed by atoms with Crippen LogP contribution >= 0.6 is 0 Å². The quantitative estimate of drug-likeness (QED) is 0.275. The third-order valence-corrected chi connectivity index (χ3v) is 12.5. The van der Waals surface area contributed by atoms with Crippen molar-refractivity contribution in [3.05, 3.63) is 47.2 Å². The molecule has 0 heterocycles. The second-order valence-corrected chi connectivity index (χ2v) is 14.3. The Morgan fingerprint density at radius 3 is 1.90 bits per heavy atom. The van der Waals surface area contributed by atoms with E-state index >= 15 is 0 Å². The van der Waals surface area contributed by atoms with Crippen LogP contribution in [0.4, 0.5) is 0 Å². The summed E-state index contributed by atoms with van der Waals surface area (Å²) in [6.45, 7) is 15.4. The lowest BCUT2D eigenvalue weighted by atomic mass is 9.68. The van der Waals surface area contributed by atoms with Gasteiger partial charge in [-0.25, -0.2) is 4.79 Å². The molecule has 0 radical (unpaired) electrons. The summed E-state index contributed by atoms with van der Waals surface area (Å²) in [5.74, 6) is -0.353. The van der Waals surface area contributed by atoms with Crippen molar-refractivity contribution in [3.8, 4) is 0 Å². The standard InChI is InChI=1S/C24H36O4Si/c1-9-19-20(22(25)18-13-11-10-12-14-18)21(24(26)27-8)23(19)28-29(15(2)3,16(4)5)17(6)7/h10-17,19-20H,9H2,1-8H3/t19-,20-/m1/s1. The number of hydrogen-bond donors (Lipinski definition) is 0. The van der Waals surface area contributed by atoms with Gasteiger partial charge < -0.3 is 9.16 Å². The molecule has 0 unspecified atom stereocenters. The van der Waals surface area contributed by atoms with E-state index in [2.05, 4.69) is 48.5 Å². The van der Waals surface area contributed by atoms with Crippen molar-refractivity contribution in [2.24, 2.45) is 11.8 Å². The first-order valence-electron chi connectivity index (χ1n) is 10.7. The Labute approximate surface area is 176 Å². The van der Waals surface area contributed by atoms with E-state index in [1.807, 2.05) is 18.2 Å². The van der Waals surface area contributed by atoms with Crippen LogP contribution in [0.3, 0.4) is 0 Å². The van der Waals surface area contributed by atoms with Gasteiger partial charge in [0.15, 0.2) is 5.78 Å². The van der Waals surface area contributed by atoms with Crippen molar-refractivity contribution in [2.75, 3.05) is 7.11 Å². The highest BCUT2D eigenvalue weighted by molar-refractivity contribution is 6.78. The van der Waals surface area contributed by atoms with Gasteiger partial charge in [0.2, 0.25) is 0 Å². The second kappa shape index (κ2) is 9.29. The van der Waals surface area contributed by atoms with Crippen LogP contribution in [0.1, 0.15) is 65.2 Å². The maximum Gasteiger partial charge on any atom is 0.337 e. The average Bonchev–Trinajstić information content (AvgIpc) is 2.67. The number of methoxy groups -OCH3 is 1. The minimum atomic E-state index is -2.24. The van der Waals surface area contributed by atoms with Gasteiger partial charge in [-0.3, -0.25) is 4.79 Å². The lowest BCUT2D eigenvalue weighted by Crippen LogP contribution is -2.52. The predicted octanol–water partition coefficient (Wildman–Crippen LogP) is 6.14. The summed E-state index contributed by atoms with van der Waals surface area (Å²) >= 11 is 0.